The average molecular weight is 278 g/mol. The van der Waals surface area contributed by atoms with E-state index < -0.39 is 0 Å². The zero-order valence-electron chi connectivity index (χ0n) is 10.6. The van der Waals surface area contributed by atoms with Gasteiger partial charge in [-0.2, -0.15) is 0 Å². The highest BCUT2D eigenvalue weighted by atomic mass is 35.5. The molecule has 3 rings (SSSR count). The Labute approximate surface area is 116 Å². The molecule has 19 heavy (non-hydrogen) atoms. The molecule has 0 fully saturated rings. The van der Waals surface area contributed by atoms with E-state index in [9.17, 15) is 4.79 Å². The highest BCUT2D eigenvalue weighted by Crippen LogP contribution is 2.27. The Morgan fingerprint density at radius 1 is 1.42 bits per heavy atom. The maximum Gasteiger partial charge on any atom is 0.317 e. The van der Waals surface area contributed by atoms with Crippen LogP contribution in [0.25, 0.3) is 10.9 Å². The fourth-order valence-electron chi connectivity index (χ4n) is 2.61. The molecule has 0 atom stereocenters. The number of amides is 2. The monoisotopic (exact) mass is 277 g/mol. The van der Waals surface area contributed by atoms with Gasteiger partial charge in [-0.05, 0) is 6.07 Å². The molecule has 100 valence electrons. The summed E-state index contributed by atoms with van der Waals surface area (Å²) in [6.45, 7) is 1.92. The largest absolute Gasteiger partial charge is 0.358 e. The Kier molecular flexibility index (Phi) is 3.34. The number of benzene rings is 1. The van der Waals surface area contributed by atoms with Gasteiger partial charge < -0.3 is 15.2 Å². The molecule has 0 saturated carbocycles. The predicted octanol–water partition coefficient (Wildman–Crippen LogP) is 2.47. The van der Waals surface area contributed by atoms with Crippen LogP contribution in [0, 0.1) is 0 Å². The van der Waals surface area contributed by atoms with Crippen LogP contribution >= 0.6 is 11.6 Å². The molecule has 2 N–H and O–H groups in total. The lowest BCUT2D eigenvalue weighted by Crippen LogP contribution is -2.43. The van der Waals surface area contributed by atoms with Crippen molar-refractivity contribution in [2.75, 3.05) is 19.0 Å². The van der Waals surface area contributed by atoms with E-state index >= 15 is 0 Å². The zero-order chi connectivity index (χ0) is 13.2. The second-order valence-electron chi connectivity index (χ2n) is 4.72. The van der Waals surface area contributed by atoms with Gasteiger partial charge in [0.25, 0.3) is 0 Å². The molecule has 0 unspecified atom stereocenters. The van der Waals surface area contributed by atoms with Crippen LogP contribution in [0.5, 0.6) is 0 Å². The van der Waals surface area contributed by atoms with Gasteiger partial charge in [0.05, 0.1) is 0 Å². The summed E-state index contributed by atoms with van der Waals surface area (Å²) in [5.74, 6) is 0.442. The SMILES string of the molecule is O=C(NCCCl)N1CCc2[nH]c3ccccc3c2C1. The summed E-state index contributed by atoms with van der Waals surface area (Å²) in [6.07, 6.45) is 0.873. The van der Waals surface area contributed by atoms with Crippen LogP contribution in [0.15, 0.2) is 24.3 Å². The second kappa shape index (κ2) is 5.13. The first-order chi connectivity index (χ1) is 9.29. The van der Waals surface area contributed by atoms with Crippen molar-refractivity contribution in [1.29, 1.82) is 0 Å². The van der Waals surface area contributed by atoms with Crippen molar-refractivity contribution in [2.45, 2.75) is 13.0 Å². The first-order valence-corrected chi connectivity index (χ1v) is 7.00. The number of hydrogen-bond acceptors (Lipinski definition) is 1. The molecule has 4 nitrogen and oxygen atoms in total. The molecule has 2 amide bonds. The van der Waals surface area contributed by atoms with Crippen molar-refractivity contribution in [2.24, 2.45) is 0 Å². The maximum atomic E-state index is 12.0. The van der Waals surface area contributed by atoms with Crippen molar-refractivity contribution in [3.05, 3.63) is 35.5 Å². The van der Waals surface area contributed by atoms with E-state index in [0.29, 0.717) is 19.0 Å². The Balaban J connectivity index is 1.84. The summed E-state index contributed by atoms with van der Waals surface area (Å²) in [4.78, 5) is 17.3. The number of nitrogens with zero attached hydrogens (tertiary/aromatic N) is 1. The normalized spacial score (nSPS) is 14.5. The van der Waals surface area contributed by atoms with Crippen molar-refractivity contribution in [3.8, 4) is 0 Å². The van der Waals surface area contributed by atoms with E-state index in [1.165, 1.54) is 16.6 Å². The molecule has 5 heteroatoms. The molecular weight excluding hydrogens is 262 g/mol. The predicted molar refractivity (Wildman–Crippen MR) is 76.5 cm³/mol. The van der Waals surface area contributed by atoms with E-state index in [-0.39, 0.29) is 6.03 Å². The Morgan fingerprint density at radius 2 is 2.26 bits per heavy atom. The van der Waals surface area contributed by atoms with E-state index in [1.54, 1.807) is 0 Å². The van der Waals surface area contributed by atoms with Crippen LogP contribution in [0.2, 0.25) is 0 Å². The van der Waals surface area contributed by atoms with Gasteiger partial charge in [-0.1, -0.05) is 18.2 Å². The number of alkyl halides is 1. The highest BCUT2D eigenvalue weighted by Gasteiger charge is 2.23. The second-order valence-corrected chi connectivity index (χ2v) is 5.10. The lowest BCUT2D eigenvalue weighted by molar-refractivity contribution is 0.193. The topological polar surface area (TPSA) is 48.1 Å². The van der Waals surface area contributed by atoms with Crippen LogP contribution in [-0.2, 0) is 13.0 Å². The van der Waals surface area contributed by atoms with Crippen molar-refractivity contribution in [1.82, 2.24) is 15.2 Å². The van der Waals surface area contributed by atoms with Crippen LogP contribution < -0.4 is 5.32 Å². The van der Waals surface area contributed by atoms with Crippen LogP contribution in [0.1, 0.15) is 11.3 Å². The van der Waals surface area contributed by atoms with Crippen LogP contribution in [0.3, 0.4) is 0 Å². The van der Waals surface area contributed by atoms with Crippen molar-refractivity contribution >= 4 is 28.5 Å². The van der Waals surface area contributed by atoms with Gasteiger partial charge in [0.1, 0.15) is 0 Å². The Hall–Kier alpha value is -1.68. The van der Waals surface area contributed by atoms with Crippen LogP contribution in [-0.4, -0.2) is 34.9 Å². The molecule has 2 aromatic rings. The number of urea groups is 1. The standard InChI is InChI=1S/C14H16ClN3O/c15-6-7-16-14(19)18-8-5-13-11(9-18)10-3-1-2-4-12(10)17-13/h1-4,17H,5-9H2,(H,16,19). The summed E-state index contributed by atoms with van der Waals surface area (Å²) in [6, 6.07) is 8.20. The smallest absolute Gasteiger partial charge is 0.317 e. The molecule has 2 heterocycles. The third kappa shape index (κ3) is 2.28. The molecule has 0 radical (unpaired) electrons. The Morgan fingerprint density at radius 3 is 3.11 bits per heavy atom. The summed E-state index contributed by atoms with van der Waals surface area (Å²) in [7, 11) is 0. The fraction of sp³-hybridized carbons (Fsp3) is 0.357. The number of fused-ring (bicyclic) bond motifs is 3. The van der Waals surface area contributed by atoms with E-state index in [2.05, 4.69) is 22.4 Å². The third-order valence-corrected chi connectivity index (χ3v) is 3.73. The number of hydrogen-bond donors (Lipinski definition) is 2. The molecule has 0 saturated heterocycles. The van der Waals surface area contributed by atoms with Gasteiger partial charge in [-0.15, -0.1) is 11.6 Å². The number of para-hydroxylation sites is 1. The summed E-state index contributed by atoms with van der Waals surface area (Å²) >= 11 is 5.59. The van der Waals surface area contributed by atoms with Crippen molar-refractivity contribution in [3.63, 3.8) is 0 Å². The molecule has 0 spiro atoms. The summed E-state index contributed by atoms with van der Waals surface area (Å²) < 4.78 is 0. The minimum Gasteiger partial charge on any atom is -0.358 e. The number of carbonyl (C=O) groups excluding carboxylic acids is 1. The molecule has 1 aliphatic rings. The first-order valence-electron chi connectivity index (χ1n) is 6.47. The average Bonchev–Trinajstić information content (AvgIpc) is 2.82. The molecule has 0 bridgehead atoms. The van der Waals surface area contributed by atoms with Gasteiger partial charge >= 0.3 is 6.03 Å². The van der Waals surface area contributed by atoms with Gasteiger partial charge in [0, 0.05) is 54.1 Å². The minimum absolute atomic E-state index is 0.0309. The summed E-state index contributed by atoms with van der Waals surface area (Å²) in [5, 5.41) is 4.03. The summed E-state index contributed by atoms with van der Waals surface area (Å²) in [5.41, 5.74) is 3.64. The number of aromatic amines is 1. The maximum absolute atomic E-state index is 12.0. The van der Waals surface area contributed by atoms with E-state index in [4.69, 9.17) is 11.6 Å². The number of H-pyrrole nitrogens is 1. The first kappa shape index (κ1) is 12.4. The van der Waals surface area contributed by atoms with Gasteiger partial charge in [-0.25, -0.2) is 4.79 Å². The quantitative estimate of drug-likeness (QED) is 0.814. The number of nitrogens with one attached hydrogen (secondary N) is 2. The van der Waals surface area contributed by atoms with Gasteiger partial charge in [0.2, 0.25) is 0 Å². The highest BCUT2D eigenvalue weighted by molar-refractivity contribution is 6.18. The van der Waals surface area contributed by atoms with Gasteiger partial charge in [-0.3, -0.25) is 0 Å². The molecule has 1 aliphatic heterocycles. The lowest BCUT2D eigenvalue weighted by Gasteiger charge is -2.27. The lowest BCUT2D eigenvalue weighted by atomic mass is 10.0. The van der Waals surface area contributed by atoms with E-state index in [1.807, 2.05) is 17.0 Å². The Bertz CT molecular complexity index is 608. The third-order valence-electron chi connectivity index (χ3n) is 3.54. The molecule has 1 aromatic heterocycles. The van der Waals surface area contributed by atoms with Crippen LogP contribution in [0.4, 0.5) is 4.79 Å². The minimum atomic E-state index is -0.0309. The fourth-order valence-corrected chi connectivity index (χ4v) is 2.70. The number of halogens is 1. The molecular formula is C14H16ClN3O. The van der Waals surface area contributed by atoms with Gasteiger partial charge in [0.15, 0.2) is 0 Å². The molecule has 0 aliphatic carbocycles. The number of rotatable bonds is 2. The van der Waals surface area contributed by atoms with Crippen molar-refractivity contribution < 1.29 is 4.79 Å². The number of aromatic nitrogens is 1. The molecule has 1 aromatic carbocycles. The van der Waals surface area contributed by atoms with E-state index in [0.717, 1.165) is 18.5 Å². The number of carbonyl (C=O) groups is 1. The zero-order valence-corrected chi connectivity index (χ0v) is 11.3.